The lowest BCUT2D eigenvalue weighted by Gasteiger charge is -2.09. The highest BCUT2D eigenvalue weighted by atomic mass is 16.6. The van der Waals surface area contributed by atoms with Crippen LogP contribution in [0.3, 0.4) is 0 Å². The zero-order valence-electron chi connectivity index (χ0n) is 14.2. The Kier molecular flexibility index (Phi) is 5.53. The first-order valence-electron chi connectivity index (χ1n) is 7.72. The second-order valence-corrected chi connectivity index (χ2v) is 5.50. The number of nitrogens with one attached hydrogen (secondary N) is 2. The van der Waals surface area contributed by atoms with Crippen molar-refractivity contribution in [2.45, 2.75) is 27.3 Å². The molecule has 2 N–H and O–H groups in total. The topological polar surface area (TPSA) is 114 Å². The normalized spacial score (nSPS) is 10.4. The molecule has 0 aliphatic carbocycles. The number of aromatic amines is 1. The van der Waals surface area contributed by atoms with Crippen molar-refractivity contribution < 1.29 is 14.5 Å². The molecule has 8 nitrogen and oxygen atoms in total. The van der Waals surface area contributed by atoms with Gasteiger partial charge in [-0.15, -0.1) is 0 Å². The number of nitrogens with zero attached hydrogens (tertiary/aromatic N) is 1. The molecule has 1 amide bonds. The molecular weight excluding hydrogens is 326 g/mol. The Hall–Kier alpha value is -3.16. The van der Waals surface area contributed by atoms with Gasteiger partial charge in [0.1, 0.15) is 0 Å². The molecule has 0 fully saturated rings. The van der Waals surface area contributed by atoms with Gasteiger partial charge in [0.05, 0.1) is 11.5 Å². The molecule has 0 aliphatic heterocycles. The van der Waals surface area contributed by atoms with Gasteiger partial charge in [0.25, 0.3) is 11.5 Å². The van der Waals surface area contributed by atoms with E-state index in [0.717, 1.165) is 17.3 Å². The maximum absolute atomic E-state index is 12.3. The Morgan fingerprint density at radius 1 is 1.32 bits per heavy atom. The van der Waals surface area contributed by atoms with Crippen molar-refractivity contribution in [2.24, 2.45) is 0 Å². The van der Waals surface area contributed by atoms with Crippen LogP contribution in [0.1, 0.15) is 34.1 Å². The van der Waals surface area contributed by atoms with E-state index in [-0.39, 0.29) is 35.7 Å². The lowest BCUT2D eigenvalue weighted by Crippen LogP contribution is -2.28. The van der Waals surface area contributed by atoms with Gasteiger partial charge in [0.2, 0.25) is 0 Å². The van der Waals surface area contributed by atoms with E-state index in [2.05, 4.69) is 10.3 Å². The maximum atomic E-state index is 12.3. The van der Waals surface area contributed by atoms with Crippen molar-refractivity contribution in [1.82, 2.24) is 10.3 Å². The van der Waals surface area contributed by atoms with Gasteiger partial charge in [-0.2, -0.15) is 0 Å². The SMILES string of the molecule is CCOc1ccc(C(=O)NCc2c(C)cc(C)[nH]c2=O)cc1[N+](=O)[O-]. The summed E-state index contributed by atoms with van der Waals surface area (Å²) in [7, 11) is 0. The fourth-order valence-corrected chi connectivity index (χ4v) is 2.45. The summed E-state index contributed by atoms with van der Waals surface area (Å²) in [6.07, 6.45) is 0. The van der Waals surface area contributed by atoms with Crippen LogP contribution in [0, 0.1) is 24.0 Å². The lowest BCUT2D eigenvalue weighted by atomic mass is 10.1. The van der Waals surface area contributed by atoms with Gasteiger partial charge < -0.3 is 15.0 Å². The van der Waals surface area contributed by atoms with Crippen LogP contribution in [0.25, 0.3) is 0 Å². The number of carbonyl (C=O) groups is 1. The molecule has 8 heteroatoms. The summed E-state index contributed by atoms with van der Waals surface area (Å²) in [5, 5.41) is 13.7. The average Bonchev–Trinajstić information content (AvgIpc) is 2.54. The van der Waals surface area contributed by atoms with Gasteiger partial charge >= 0.3 is 5.69 Å². The Bertz CT molecular complexity index is 873. The van der Waals surface area contributed by atoms with Gasteiger partial charge in [-0.3, -0.25) is 19.7 Å². The Morgan fingerprint density at radius 3 is 2.64 bits per heavy atom. The van der Waals surface area contributed by atoms with E-state index in [0.29, 0.717) is 5.56 Å². The second kappa shape index (κ2) is 7.61. The van der Waals surface area contributed by atoms with Crippen molar-refractivity contribution in [3.63, 3.8) is 0 Å². The first kappa shape index (κ1) is 18.2. The summed E-state index contributed by atoms with van der Waals surface area (Å²) >= 11 is 0. The number of H-pyrrole nitrogens is 1. The molecular formula is C17H19N3O5. The van der Waals surface area contributed by atoms with Gasteiger partial charge in [-0.1, -0.05) is 0 Å². The summed E-state index contributed by atoms with van der Waals surface area (Å²) in [6, 6.07) is 5.80. The van der Waals surface area contributed by atoms with Crippen LogP contribution in [0.5, 0.6) is 5.75 Å². The fraction of sp³-hybridized carbons (Fsp3) is 0.294. The highest BCUT2D eigenvalue weighted by Crippen LogP contribution is 2.27. The van der Waals surface area contributed by atoms with E-state index in [1.54, 1.807) is 20.8 Å². The van der Waals surface area contributed by atoms with Crippen LogP contribution >= 0.6 is 0 Å². The molecule has 2 rings (SSSR count). The number of carbonyl (C=O) groups excluding carboxylic acids is 1. The number of nitro benzene ring substituents is 1. The first-order valence-corrected chi connectivity index (χ1v) is 7.72. The molecule has 0 spiro atoms. The van der Waals surface area contributed by atoms with Crippen LogP contribution in [0.15, 0.2) is 29.1 Å². The van der Waals surface area contributed by atoms with Gasteiger partial charge in [0, 0.05) is 29.4 Å². The number of rotatable bonds is 6. The highest BCUT2D eigenvalue weighted by Gasteiger charge is 2.19. The van der Waals surface area contributed by atoms with Crippen molar-refractivity contribution in [3.05, 3.63) is 67.1 Å². The highest BCUT2D eigenvalue weighted by molar-refractivity contribution is 5.95. The molecule has 1 aromatic heterocycles. The second-order valence-electron chi connectivity index (χ2n) is 5.50. The molecule has 0 radical (unpaired) electrons. The zero-order chi connectivity index (χ0) is 18.6. The summed E-state index contributed by atoms with van der Waals surface area (Å²) in [6.45, 7) is 5.58. The summed E-state index contributed by atoms with van der Waals surface area (Å²) in [4.78, 5) is 37.4. The Labute approximate surface area is 144 Å². The molecule has 1 heterocycles. The Morgan fingerprint density at radius 2 is 2.04 bits per heavy atom. The van der Waals surface area contributed by atoms with E-state index >= 15 is 0 Å². The van der Waals surface area contributed by atoms with Crippen LogP contribution in [0.2, 0.25) is 0 Å². The predicted octanol–water partition coefficient (Wildman–Crippen LogP) is 2.23. The molecule has 132 valence electrons. The number of amides is 1. The fourth-order valence-electron chi connectivity index (χ4n) is 2.45. The standard InChI is InChI=1S/C17H19N3O5/c1-4-25-15-6-5-12(8-14(15)20(23)24)16(21)18-9-13-10(2)7-11(3)19-17(13)22/h5-8H,4,9H2,1-3H3,(H,18,21)(H,19,22). The minimum atomic E-state index is -0.601. The van der Waals surface area contributed by atoms with E-state index in [1.165, 1.54) is 12.1 Å². The van der Waals surface area contributed by atoms with Gasteiger partial charge in [-0.25, -0.2) is 0 Å². The average molecular weight is 345 g/mol. The van der Waals surface area contributed by atoms with Crippen LogP contribution in [0.4, 0.5) is 5.69 Å². The van der Waals surface area contributed by atoms with Crippen molar-refractivity contribution in [2.75, 3.05) is 6.61 Å². The third kappa shape index (κ3) is 4.23. The zero-order valence-corrected chi connectivity index (χ0v) is 14.2. The largest absolute Gasteiger partial charge is 0.487 e. The summed E-state index contributed by atoms with van der Waals surface area (Å²) < 4.78 is 5.19. The van der Waals surface area contributed by atoms with Gasteiger partial charge in [0.15, 0.2) is 5.75 Å². The molecule has 25 heavy (non-hydrogen) atoms. The van der Waals surface area contributed by atoms with E-state index < -0.39 is 10.8 Å². The smallest absolute Gasteiger partial charge is 0.311 e. The number of benzene rings is 1. The quantitative estimate of drug-likeness (QED) is 0.615. The van der Waals surface area contributed by atoms with Crippen molar-refractivity contribution in [1.29, 1.82) is 0 Å². The summed E-state index contributed by atoms with van der Waals surface area (Å²) in [5.74, 6) is -0.402. The minimum Gasteiger partial charge on any atom is -0.487 e. The molecule has 2 aromatic rings. The number of hydrogen-bond acceptors (Lipinski definition) is 5. The van der Waals surface area contributed by atoms with Crippen LogP contribution in [-0.2, 0) is 6.54 Å². The van der Waals surface area contributed by atoms with Crippen molar-refractivity contribution >= 4 is 11.6 Å². The molecule has 1 aromatic carbocycles. The third-order valence-corrected chi connectivity index (χ3v) is 3.64. The van der Waals surface area contributed by atoms with E-state index in [9.17, 15) is 19.7 Å². The predicted molar refractivity (Wildman–Crippen MR) is 92.0 cm³/mol. The van der Waals surface area contributed by atoms with E-state index in [1.807, 2.05) is 6.07 Å². The minimum absolute atomic E-state index is 0.0291. The number of pyridine rings is 1. The number of aromatic nitrogens is 1. The third-order valence-electron chi connectivity index (χ3n) is 3.64. The van der Waals surface area contributed by atoms with Crippen LogP contribution in [-0.4, -0.2) is 22.4 Å². The number of hydrogen-bond donors (Lipinski definition) is 2. The first-order chi connectivity index (χ1) is 11.8. The molecule has 0 bridgehead atoms. The van der Waals surface area contributed by atoms with Gasteiger partial charge in [-0.05, 0) is 44.5 Å². The number of ether oxygens (including phenoxy) is 1. The van der Waals surface area contributed by atoms with E-state index in [4.69, 9.17) is 4.74 Å². The van der Waals surface area contributed by atoms with Crippen LogP contribution < -0.4 is 15.6 Å². The Balaban J connectivity index is 2.20. The molecule has 0 unspecified atom stereocenters. The lowest BCUT2D eigenvalue weighted by molar-refractivity contribution is -0.385. The molecule has 0 saturated heterocycles. The summed E-state index contributed by atoms with van der Waals surface area (Å²) in [5.41, 5.74) is 1.52. The molecule has 0 atom stereocenters. The molecule has 0 saturated carbocycles. The molecule has 0 aliphatic rings. The number of nitro groups is 1. The maximum Gasteiger partial charge on any atom is 0.311 e. The van der Waals surface area contributed by atoms with Crippen molar-refractivity contribution in [3.8, 4) is 5.75 Å². The monoisotopic (exact) mass is 345 g/mol. The number of aryl methyl sites for hydroxylation is 2.